The molecule has 1 unspecified atom stereocenters. The van der Waals surface area contributed by atoms with Gasteiger partial charge >= 0.3 is 0 Å². The van der Waals surface area contributed by atoms with Crippen molar-refractivity contribution in [1.82, 2.24) is 9.97 Å². The maximum Gasteiger partial charge on any atom is 0.126 e. The van der Waals surface area contributed by atoms with E-state index in [2.05, 4.69) is 22.2 Å². The smallest absolute Gasteiger partial charge is 0.126 e. The van der Waals surface area contributed by atoms with Gasteiger partial charge in [-0.15, -0.1) is 0 Å². The molecule has 0 spiro atoms. The molecule has 0 fully saturated rings. The van der Waals surface area contributed by atoms with Crippen LogP contribution in [0.15, 0.2) is 36.8 Å². The Morgan fingerprint density at radius 3 is 2.65 bits per heavy atom. The summed E-state index contributed by atoms with van der Waals surface area (Å²) in [6.45, 7) is 4.06. The summed E-state index contributed by atoms with van der Waals surface area (Å²) in [7, 11) is 0. The van der Waals surface area contributed by atoms with Gasteiger partial charge in [0.15, 0.2) is 0 Å². The number of rotatable bonds is 3. The Kier molecular flexibility index (Phi) is 3.23. The van der Waals surface area contributed by atoms with Crippen molar-refractivity contribution in [2.24, 2.45) is 0 Å². The van der Waals surface area contributed by atoms with Gasteiger partial charge in [0.1, 0.15) is 5.82 Å². The van der Waals surface area contributed by atoms with Crippen LogP contribution < -0.4 is 11.1 Å². The number of aromatic nitrogens is 2. The topological polar surface area (TPSA) is 63.8 Å². The van der Waals surface area contributed by atoms with E-state index in [1.165, 1.54) is 5.56 Å². The fraction of sp³-hybridized carbons (Fsp3) is 0.231. The second-order valence-corrected chi connectivity index (χ2v) is 4.07. The van der Waals surface area contributed by atoms with E-state index in [4.69, 9.17) is 5.73 Å². The lowest BCUT2D eigenvalue weighted by molar-refractivity contribution is 0.870. The molecule has 2 rings (SSSR count). The minimum Gasteiger partial charge on any atom is -0.397 e. The second-order valence-electron chi connectivity index (χ2n) is 4.07. The van der Waals surface area contributed by atoms with Crippen molar-refractivity contribution in [2.45, 2.75) is 19.9 Å². The molecule has 0 bridgehead atoms. The Labute approximate surface area is 101 Å². The van der Waals surface area contributed by atoms with Gasteiger partial charge in [-0.05, 0) is 43.2 Å². The van der Waals surface area contributed by atoms with E-state index in [-0.39, 0.29) is 6.04 Å². The average Bonchev–Trinajstić information content (AvgIpc) is 2.35. The molecule has 4 nitrogen and oxygen atoms in total. The molecule has 3 N–H and O–H groups in total. The standard InChI is InChI=1S/C13H16N4/c1-9-7-13(16-8-12(9)14)17-10(2)11-3-5-15-6-4-11/h3-8,10H,14H2,1-2H3,(H,16,17). The summed E-state index contributed by atoms with van der Waals surface area (Å²) in [5, 5.41) is 3.33. The first-order chi connectivity index (χ1) is 8.16. The molecule has 0 aliphatic rings. The van der Waals surface area contributed by atoms with Crippen molar-refractivity contribution in [3.63, 3.8) is 0 Å². The lowest BCUT2D eigenvalue weighted by Crippen LogP contribution is -2.08. The molecule has 0 aliphatic heterocycles. The number of nitrogen functional groups attached to an aromatic ring is 1. The van der Waals surface area contributed by atoms with Crippen LogP contribution in [0.4, 0.5) is 11.5 Å². The zero-order valence-electron chi connectivity index (χ0n) is 10.0. The molecule has 0 aromatic carbocycles. The molecular weight excluding hydrogens is 212 g/mol. The molecule has 0 amide bonds. The first-order valence-electron chi connectivity index (χ1n) is 5.55. The lowest BCUT2D eigenvalue weighted by Gasteiger charge is -2.15. The summed E-state index contributed by atoms with van der Waals surface area (Å²) in [4.78, 5) is 8.25. The largest absolute Gasteiger partial charge is 0.397 e. The van der Waals surface area contributed by atoms with Crippen LogP contribution in [0, 0.1) is 6.92 Å². The Balaban J connectivity index is 2.13. The monoisotopic (exact) mass is 228 g/mol. The Morgan fingerprint density at radius 1 is 1.29 bits per heavy atom. The highest BCUT2D eigenvalue weighted by Crippen LogP contribution is 2.19. The number of aryl methyl sites for hydroxylation is 1. The summed E-state index contributed by atoms with van der Waals surface area (Å²) in [6, 6.07) is 6.12. The zero-order valence-corrected chi connectivity index (χ0v) is 10.0. The summed E-state index contributed by atoms with van der Waals surface area (Å²) in [5.41, 5.74) is 8.66. The van der Waals surface area contributed by atoms with Gasteiger partial charge in [-0.1, -0.05) is 0 Å². The van der Waals surface area contributed by atoms with Crippen LogP contribution in [0.5, 0.6) is 0 Å². The van der Waals surface area contributed by atoms with Gasteiger partial charge in [0, 0.05) is 12.4 Å². The molecule has 0 aliphatic carbocycles. The third-order valence-electron chi connectivity index (χ3n) is 2.72. The van der Waals surface area contributed by atoms with Crippen LogP contribution in [0.25, 0.3) is 0 Å². The maximum atomic E-state index is 5.73. The van der Waals surface area contributed by atoms with Crippen LogP contribution in [-0.2, 0) is 0 Å². The molecule has 0 saturated carbocycles. The van der Waals surface area contributed by atoms with Crippen molar-refractivity contribution < 1.29 is 0 Å². The van der Waals surface area contributed by atoms with Gasteiger partial charge in [0.2, 0.25) is 0 Å². The summed E-state index contributed by atoms with van der Waals surface area (Å²) >= 11 is 0. The predicted molar refractivity (Wildman–Crippen MR) is 69.7 cm³/mol. The lowest BCUT2D eigenvalue weighted by atomic mass is 10.1. The van der Waals surface area contributed by atoms with E-state index >= 15 is 0 Å². The minimum absolute atomic E-state index is 0.188. The molecule has 2 aromatic rings. The molecular formula is C13H16N4. The van der Waals surface area contributed by atoms with Gasteiger partial charge < -0.3 is 11.1 Å². The highest BCUT2D eigenvalue weighted by Gasteiger charge is 2.06. The third-order valence-corrected chi connectivity index (χ3v) is 2.72. The molecule has 2 aromatic heterocycles. The summed E-state index contributed by atoms with van der Waals surface area (Å²) in [6.07, 6.45) is 5.25. The highest BCUT2D eigenvalue weighted by atomic mass is 15.0. The number of anilines is 2. The van der Waals surface area contributed by atoms with Crippen molar-refractivity contribution in [3.05, 3.63) is 47.9 Å². The maximum absolute atomic E-state index is 5.73. The van der Waals surface area contributed by atoms with E-state index in [1.54, 1.807) is 18.6 Å². The first kappa shape index (κ1) is 11.4. The number of hydrogen-bond acceptors (Lipinski definition) is 4. The van der Waals surface area contributed by atoms with Crippen LogP contribution in [0.2, 0.25) is 0 Å². The number of nitrogens with zero attached hydrogens (tertiary/aromatic N) is 2. The van der Waals surface area contributed by atoms with E-state index in [0.29, 0.717) is 5.69 Å². The number of nitrogens with two attached hydrogens (primary N) is 1. The minimum atomic E-state index is 0.188. The van der Waals surface area contributed by atoms with E-state index in [0.717, 1.165) is 11.4 Å². The van der Waals surface area contributed by atoms with E-state index in [9.17, 15) is 0 Å². The number of hydrogen-bond donors (Lipinski definition) is 2. The zero-order chi connectivity index (χ0) is 12.3. The van der Waals surface area contributed by atoms with Gasteiger partial charge in [-0.3, -0.25) is 4.98 Å². The van der Waals surface area contributed by atoms with Crippen molar-refractivity contribution in [2.75, 3.05) is 11.1 Å². The van der Waals surface area contributed by atoms with Gasteiger partial charge in [-0.2, -0.15) is 0 Å². The fourth-order valence-electron chi connectivity index (χ4n) is 1.60. The quantitative estimate of drug-likeness (QED) is 0.847. The third kappa shape index (κ3) is 2.72. The SMILES string of the molecule is Cc1cc(NC(C)c2ccncc2)ncc1N. The molecule has 17 heavy (non-hydrogen) atoms. The Bertz CT molecular complexity index is 496. The predicted octanol–water partition coefficient (Wildman–Crippen LogP) is 2.54. The molecule has 1 atom stereocenters. The van der Waals surface area contributed by atoms with Crippen molar-refractivity contribution >= 4 is 11.5 Å². The first-order valence-corrected chi connectivity index (χ1v) is 5.55. The average molecular weight is 228 g/mol. The number of pyridine rings is 2. The van der Waals surface area contributed by atoms with Crippen molar-refractivity contribution in [1.29, 1.82) is 0 Å². The number of nitrogens with one attached hydrogen (secondary N) is 1. The molecule has 4 heteroatoms. The molecule has 0 saturated heterocycles. The van der Waals surface area contributed by atoms with Crippen LogP contribution in [0.1, 0.15) is 24.1 Å². The van der Waals surface area contributed by atoms with Gasteiger partial charge in [0.05, 0.1) is 17.9 Å². The fourth-order valence-corrected chi connectivity index (χ4v) is 1.60. The molecule has 2 heterocycles. The van der Waals surface area contributed by atoms with Crippen LogP contribution in [-0.4, -0.2) is 9.97 Å². The van der Waals surface area contributed by atoms with Crippen molar-refractivity contribution in [3.8, 4) is 0 Å². The van der Waals surface area contributed by atoms with E-state index < -0.39 is 0 Å². The summed E-state index contributed by atoms with van der Waals surface area (Å²) < 4.78 is 0. The molecule has 88 valence electrons. The second kappa shape index (κ2) is 4.82. The van der Waals surface area contributed by atoms with Gasteiger partial charge in [-0.25, -0.2) is 4.98 Å². The van der Waals surface area contributed by atoms with Crippen LogP contribution in [0.3, 0.4) is 0 Å². The molecule has 0 radical (unpaired) electrons. The summed E-state index contributed by atoms with van der Waals surface area (Å²) in [5.74, 6) is 0.834. The van der Waals surface area contributed by atoms with Gasteiger partial charge in [0.25, 0.3) is 0 Å². The Hall–Kier alpha value is -2.10. The highest BCUT2D eigenvalue weighted by molar-refractivity contribution is 5.51. The Morgan fingerprint density at radius 2 is 2.00 bits per heavy atom. The normalized spacial score (nSPS) is 12.1. The van der Waals surface area contributed by atoms with Crippen LogP contribution >= 0.6 is 0 Å². The van der Waals surface area contributed by atoms with E-state index in [1.807, 2.05) is 25.1 Å².